The number of aliphatic hydroxyl groups excluding tert-OH is 2. The fourth-order valence-electron chi connectivity index (χ4n) is 8.22. The number of hydrogen-bond acceptors (Lipinski definition) is 5. The summed E-state index contributed by atoms with van der Waals surface area (Å²) in [4.78, 5) is 24.4. The highest BCUT2D eigenvalue weighted by atomic mass is 16.5. The molecule has 2 unspecified atom stereocenters. The molecule has 0 aliphatic carbocycles. The van der Waals surface area contributed by atoms with Crippen LogP contribution >= 0.6 is 0 Å². The molecular formula is C53H103NO5. The first kappa shape index (κ1) is 57.6. The predicted molar refractivity (Wildman–Crippen MR) is 255 cm³/mol. The van der Waals surface area contributed by atoms with Crippen LogP contribution in [0.25, 0.3) is 0 Å². The van der Waals surface area contributed by atoms with E-state index in [2.05, 4.69) is 31.3 Å². The number of carbonyl (C=O) groups excluding carboxylic acids is 2. The Balaban J connectivity index is 3.39. The smallest absolute Gasteiger partial charge is 0.305 e. The first-order valence-corrected chi connectivity index (χ1v) is 26.4. The van der Waals surface area contributed by atoms with Gasteiger partial charge < -0.3 is 20.3 Å². The van der Waals surface area contributed by atoms with E-state index >= 15 is 0 Å². The van der Waals surface area contributed by atoms with Gasteiger partial charge in [0, 0.05) is 12.8 Å². The van der Waals surface area contributed by atoms with E-state index in [4.69, 9.17) is 4.74 Å². The Morgan fingerprint density at radius 2 is 0.797 bits per heavy atom. The molecule has 0 spiro atoms. The lowest BCUT2D eigenvalue weighted by Crippen LogP contribution is -2.45. The summed E-state index contributed by atoms with van der Waals surface area (Å²) in [6, 6.07) is -0.543. The van der Waals surface area contributed by atoms with Gasteiger partial charge in [0.1, 0.15) is 0 Å². The molecule has 0 rings (SSSR count). The van der Waals surface area contributed by atoms with Crippen molar-refractivity contribution in [3.05, 3.63) is 12.2 Å². The number of rotatable bonds is 49. The van der Waals surface area contributed by atoms with Crippen LogP contribution in [0.4, 0.5) is 0 Å². The minimum atomic E-state index is -0.665. The molecule has 0 aliphatic heterocycles. The van der Waals surface area contributed by atoms with Crippen molar-refractivity contribution in [2.24, 2.45) is 0 Å². The van der Waals surface area contributed by atoms with Gasteiger partial charge in [0.25, 0.3) is 0 Å². The molecule has 0 radical (unpaired) electrons. The average Bonchev–Trinajstić information content (AvgIpc) is 3.24. The van der Waals surface area contributed by atoms with Crippen LogP contribution < -0.4 is 5.32 Å². The topological polar surface area (TPSA) is 95.9 Å². The molecular weight excluding hydrogens is 731 g/mol. The Kier molecular flexibility index (Phi) is 48.1. The summed E-state index contributed by atoms with van der Waals surface area (Å²) in [6.07, 6.45) is 56.2. The van der Waals surface area contributed by atoms with Gasteiger partial charge in [-0.05, 0) is 51.4 Å². The number of amides is 1. The van der Waals surface area contributed by atoms with E-state index in [1.165, 1.54) is 212 Å². The molecule has 6 heteroatoms. The lowest BCUT2D eigenvalue weighted by Gasteiger charge is -2.22. The maximum absolute atomic E-state index is 12.4. The molecule has 0 saturated carbocycles. The van der Waals surface area contributed by atoms with Crippen LogP contribution in [0.15, 0.2) is 12.2 Å². The number of esters is 1. The number of ether oxygens (including phenoxy) is 1. The Morgan fingerprint density at radius 1 is 0.458 bits per heavy atom. The van der Waals surface area contributed by atoms with Crippen LogP contribution in [-0.2, 0) is 14.3 Å². The van der Waals surface area contributed by atoms with Gasteiger partial charge in [0.05, 0.1) is 25.4 Å². The molecule has 0 aromatic rings. The SMILES string of the molecule is CCCCCCCC/C=C\CCCCCCCC(=O)OCCCCCCCCCCCCCCCCCCCC(=O)NC(CO)C(O)CCCCCCCCCCCC. The van der Waals surface area contributed by atoms with Gasteiger partial charge in [-0.3, -0.25) is 9.59 Å². The molecule has 0 saturated heterocycles. The summed E-state index contributed by atoms with van der Waals surface area (Å²) < 4.78 is 5.47. The van der Waals surface area contributed by atoms with Gasteiger partial charge in [-0.15, -0.1) is 0 Å². The predicted octanol–water partition coefficient (Wildman–Crippen LogP) is 15.7. The molecule has 2 atom stereocenters. The van der Waals surface area contributed by atoms with Gasteiger partial charge in [-0.1, -0.05) is 238 Å². The van der Waals surface area contributed by atoms with Crippen LogP contribution in [0, 0.1) is 0 Å². The molecule has 0 aliphatic rings. The zero-order valence-electron chi connectivity index (χ0n) is 39.7. The van der Waals surface area contributed by atoms with Crippen molar-refractivity contribution >= 4 is 11.9 Å². The third-order valence-electron chi connectivity index (χ3n) is 12.3. The summed E-state index contributed by atoms with van der Waals surface area (Å²) in [6.45, 7) is 4.92. The molecule has 0 aromatic heterocycles. The summed E-state index contributed by atoms with van der Waals surface area (Å²) in [5, 5.41) is 23.1. The highest BCUT2D eigenvalue weighted by Crippen LogP contribution is 2.17. The minimum Gasteiger partial charge on any atom is -0.466 e. The zero-order valence-corrected chi connectivity index (χ0v) is 39.7. The number of carbonyl (C=O) groups is 2. The number of hydrogen-bond donors (Lipinski definition) is 3. The van der Waals surface area contributed by atoms with E-state index in [-0.39, 0.29) is 18.5 Å². The summed E-state index contributed by atoms with van der Waals surface area (Å²) >= 11 is 0. The third kappa shape index (κ3) is 45.9. The fourth-order valence-corrected chi connectivity index (χ4v) is 8.22. The molecule has 6 nitrogen and oxygen atoms in total. The molecule has 0 fully saturated rings. The van der Waals surface area contributed by atoms with Crippen molar-refractivity contribution < 1.29 is 24.5 Å². The fraction of sp³-hybridized carbons (Fsp3) is 0.925. The lowest BCUT2D eigenvalue weighted by atomic mass is 10.0. The van der Waals surface area contributed by atoms with Gasteiger partial charge in [0.15, 0.2) is 0 Å². The van der Waals surface area contributed by atoms with Crippen LogP contribution in [0.5, 0.6) is 0 Å². The molecule has 0 heterocycles. The monoisotopic (exact) mass is 834 g/mol. The Hall–Kier alpha value is -1.40. The number of nitrogens with one attached hydrogen (secondary N) is 1. The highest BCUT2D eigenvalue weighted by molar-refractivity contribution is 5.76. The van der Waals surface area contributed by atoms with Gasteiger partial charge >= 0.3 is 5.97 Å². The Labute approximate surface area is 368 Å². The second-order valence-electron chi connectivity index (χ2n) is 18.2. The lowest BCUT2D eigenvalue weighted by molar-refractivity contribution is -0.143. The second-order valence-corrected chi connectivity index (χ2v) is 18.2. The standard InChI is InChI=1S/C53H103NO5/c1-3-5-7-9-11-13-15-16-20-24-27-31-35-39-43-47-53(58)59-48-44-40-36-32-28-25-22-19-17-18-21-23-26-30-34-38-42-46-52(57)54-50(49-55)51(56)45-41-37-33-29-14-12-10-8-6-4-2/h16,20,50-51,55-56H,3-15,17-19,21-49H2,1-2H3,(H,54,57)/b20-16-. The van der Waals surface area contributed by atoms with Crippen molar-refractivity contribution in [1.82, 2.24) is 5.32 Å². The molecule has 0 bridgehead atoms. The highest BCUT2D eigenvalue weighted by Gasteiger charge is 2.20. The van der Waals surface area contributed by atoms with Gasteiger partial charge in [-0.25, -0.2) is 0 Å². The van der Waals surface area contributed by atoms with Crippen LogP contribution in [0.3, 0.4) is 0 Å². The quantitative estimate of drug-likeness (QED) is 0.0322. The van der Waals surface area contributed by atoms with Crippen molar-refractivity contribution in [3.8, 4) is 0 Å². The normalized spacial score (nSPS) is 12.7. The number of aliphatic hydroxyl groups is 2. The van der Waals surface area contributed by atoms with Crippen LogP contribution in [0.2, 0.25) is 0 Å². The minimum absolute atomic E-state index is 0.00254. The van der Waals surface area contributed by atoms with Crippen molar-refractivity contribution in [1.29, 1.82) is 0 Å². The van der Waals surface area contributed by atoms with Crippen molar-refractivity contribution in [2.45, 2.75) is 302 Å². The van der Waals surface area contributed by atoms with Crippen LogP contribution in [-0.4, -0.2) is 47.4 Å². The van der Waals surface area contributed by atoms with E-state index in [0.717, 1.165) is 44.9 Å². The second kappa shape index (κ2) is 49.3. The zero-order chi connectivity index (χ0) is 43.0. The maximum Gasteiger partial charge on any atom is 0.305 e. The first-order chi connectivity index (χ1) is 29.0. The third-order valence-corrected chi connectivity index (χ3v) is 12.3. The molecule has 0 aromatic carbocycles. The van der Waals surface area contributed by atoms with Crippen molar-refractivity contribution in [3.63, 3.8) is 0 Å². The van der Waals surface area contributed by atoms with E-state index in [1.54, 1.807) is 0 Å². The molecule has 3 N–H and O–H groups in total. The van der Waals surface area contributed by atoms with Crippen molar-refractivity contribution in [2.75, 3.05) is 13.2 Å². The molecule has 350 valence electrons. The average molecular weight is 834 g/mol. The Bertz CT molecular complexity index is 878. The van der Waals surface area contributed by atoms with E-state index in [0.29, 0.717) is 25.9 Å². The molecule has 59 heavy (non-hydrogen) atoms. The van der Waals surface area contributed by atoms with Gasteiger partial charge in [-0.2, -0.15) is 0 Å². The number of allylic oxidation sites excluding steroid dienone is 2. The molecule has 1 amide bonds. The summed E-state index contributed by atoms with van der Waals surface area (Å²) in [7, 11) is 0. The number of unbranched alkanes of at least 4 members (excludes halogenated alkanes) is 36. The first-order valence-electron chi connectivity index (χ1n) is 26.4. The summed E-state index contributed by atoms with van der Waals surface area (Å²) in [5.41, 5.74) is 0. The largest absolute Gasteiger partial charge is 0.466 e. The summed E-state index contributed by atoms with van der Waals surface area (Å²) in [5.74, 6) is -0.0442. The van der Waals surface area contributed by atoms with Gasteiger partial charge in [0.2, 0.25) is 5.91 Å². The Morgan fingerprint density at radius 3 is 1.20 bits per heavy atom. The maximum atomic E-state index is 12.4. The van der Waals surface area contributed by atoms with E-state index in [1.807, 2.05) is 0 Å². The van der Waals surface area contributed by atoms with Crippen LogP contribution in [0.1, 0.15) is 290 Å². The van der Waals surface area contributed by atoms with E-state index in [9.17, 15) is 19.8 Å². The van der Waals surface area contributed by atoms with E-state index < -0.39 is 12.1 Å².